The molecule has 5 heteroatoms. The third-order valence-electron chi connectivity index (χ3n) is 4.88. The molecule has 0 unspecified atom stereocenters. The van der Waals surface area contributed by atoms with E-state index >= 15 is 0 Å². The Labute approximate surface area is 127 Å². The molecule has 0 saturated carbocycles. The molecule has 21 heavy (non-hydrogen) atoms. The number of likely N-dealkylation sites (tertiary alicyclic amines) is 1. The molecule has 0 aromatic carbocycles. The van der Waals surface area contributed by atoms with E-state index in [1.165, 1.54) is 0 Å². The third-order valence-corrected chi connectivity index (χ3v) is 4.88. The van der Waals surface area contributed by atoms with Crippen molar-refractivity contribution in [2.24, 2.45) is 11.3 Å². The molecule has 2 aliphatic rings. The van der Waals surface area contributed by atoms with Gasteiger partial charge in [-0.15, -0.1) is 0 Å². The first-order chi connectivity index (χ1) is 9.92. The Hall–Kier alpha value is -1.10. The maximum Gasteiger partial charge on any atom is 0.228 e. The lowest BCUT2D eigenvalue weighted by Crippen LogP contribution is -2.52. The molecule has 2 amide bonds. The van der Waals surface area contributed by atoms with Gasteiger partial charge < -0.3 is 15.5 Å². The number of piperidine rings is 2. The normalized spacial score (nSPS) is 23.1. The second kappa shape index (κ2) is 6.77. The zero-order valence-electron chi connectivity index (χ0n) is 13.6. The highest BCUT2D eigenvalue weighted by Crippen LogP contribution is 2.31. The van der Waals surface area contributed by atoms with Gasteiger partial charge in [0.15, 0.2) is 0 Å². The lowest BCUT2D eigenvalue weighted by molar-refractivity contribution is -0.144. The van der Waals surface area contributed by atoms with Crippen molar-refractivity contribution in [1.29, 1.82) is 0 Å². The summed E-state index contributed by atoms with van der Waals surface area (Å²) >= 11 is 0. The summed E-state index contributed by atoms with van der Waals surface area (Å²) in [6.07, 6.45) is 3.60. The predicted molar refractivity (Wildman–Crippen MR) is 82.8 cm³/mol. The monoisotopic (exact) mass is 295 g/mol. The molecule has 2 fully saturated rings. The largest absolute Gasteiger partial charge is 0.353 e. The van der Waals surface area contributed by atoms with Crippen molar-refractivity contribution >= 4 is 11.8 Å². The van der Waals surface area contributed by atoms with E-state index < -0.39 is 0 Å². The molecule has 2 heterocycles. The second-order valence-corrected chi connectivity index (χ2v) is 7.04. The van der Waals surface area contributed by atoms with E-state index in [1.54, 1.807) is 0 Å². The van der Waals surface area contributed by atoms with Crippen LogP contribution < -0.4 is 10.6 Å². The molecule has 2 rings (SSSR count). The van der Waals surface area contributed by atoms with Crippen molar-refractivity contribution in [2.45, 2.75) is 52.5 Å². The zero-order chi connectivity index (χ0) is 15.5. The number of rotatable bonds is 3. The van der Waals surface area contributed by atoms with Gasteiger partial charge in [0.25, 0.3) is 0 Å². The zero-order valence-corrected chi connectivity index (χ0v) is 13.6. The van der Waals surface area contributed by atoms with Gasteiger partial charge >= 0.3 is 0 Å². The van der Waals surface area contributed by atoms with Gasteiger partial charge in [-0.05, 0) is 38.8 Å². The first-order valence-corrected chi connectivity index (χ1v) is 8.23. The van der Waals surface area contributed by atoms with Crippen LogP contribution in [0.1, 0.15) is 46.5 Å². The Balaban J connectivity index is 1.83. The molecule has 2 aliphatic heterocycles. The van der Waals surface area contributed by atoms with Crippen molar-refractivity contribution in [3.63, 3.8) is 0 Å². The molecule has 5 nitrogen and oxygen atoms in total. The van der Waals surface area contributed by atoms with Crippen LogP contribution in [0.5, 0.6) is 0 Å². The lowest BCUT2D eigenvalue weighted by atomic mass is 9.79. The van der Waals surface area contributed by atoms with Crippen LogP contribution in [-0.4, -0.2) is 48.9 Å². The summed E-state index contributed by atoms with van der Waals surface area (Å²) < 4.78 is 0. The molecule has 0 radical (unpaired) electrons. The van der Waals surface area contributed by atoms with E-state index in [1.807, 2.05) is 18.7 Å². The molecule has 0 spiro atoms. The molecule has 2 N–H and O–H groups in total. The number of amides is 2. The second-order valence-electron chi connectivity index (χ2n) is 7.04. The maximum atomic E-state index is 12.7. The molecule has 0 aliphatic carbocycles. The standard InChI is InChI=1S/C16H29N3O2/c1-12(2)14(20)18-13-4-10-19(11-5-13)15(21)16(3)6-8-17-9-7-16/h12-13,17H,4-11H2,1-3H3,(H,18,20). The average molecular weight is 295 g/mol. The van der Waals surface area contributed by atoms with Crippen molar-refractivity contribution < 1.29 is 9.59 Å². The van der Waals surface area contributed by atoms with E-state index in [0.29, 0.717) is 5.91 Å². The van der Waals surface area contributed by atoms with Crippen LogP contribution in [-0.2, 0) is 9.59 Å². The Morgan fingerprint density at radius 3 is 2.29 bits per heavy atom. The topological polar surface area (TPSA) is 61.4 Å². The summed E-state index contributed by atoms with van der Waals surface area (Å²) in [7, 11) is 0. The first kappa shape index (κ1) is 16.3. The smallest absolute Gasteiger partial charge is 0.228 e. The van der Waals surface area contributed by atoms with E-state index in [9.17, 15) is 9.59 Å². The van der Waals surface area contributed by atoms with E-state index in [2.05, 4.69) is 17.6 Å². The Bertz CT molecular complexity index is 381. The Morgan fingerprint density at radius 1 is 1.19 bits per heavy atom. The average Bonchev–Trinajstić information content (AvgIpc) is 2.48. The van der Waals surface area contributed by atoms with Crippen LogP contribution in [0.4, 0.5) is 0 Å². The molecular formula is C16H29N3O2. The van der Waals surface area contributed by atoms with Gasteiger partial charge in [-0.3, -0.25) is 9.59 Å². The van der Waals surface area contributed by atoms with Gasteiger partial charge in [0.2, 0.25) is 11.8 Å². The molecular weight excluding hydrogens is 266 g/mol. The summed E-state index contributed by atoms with van der Waals surface area (Å²) in [6.45, 7) is 9.32. The highest BCUT2D eigenvalue weighted by molar-refractivity contribution is 5.82. The molecule has 0 aromatic rings. The molecule has 0 bridgehead atoms. The number of hydrogen-bond acceptors (Lipinski definition) is 3. The first-order valence-electron chi connectivity index (χ1n) is 8.23. The maximum absolute atomic E-state index is 12.7. The Morgan fingerprint density at radius 2 is 1.76 bits per heavy atom. The summed E-state index contributed by atoms with van der Waals surface area (Å²) in [5, 5.41) is 6.40. The van der Waals surface area contributed by atoms with E-state index in [0.717, 1.165) is 51.9 Å². The fourth-order valence-corrected chi connectivity index (χ4v) is 3.17. The summed E-state index contributed by atoms with van der Waals surface area (Å²) in [5.41, 5.74) is -0.195. The lowest BCUT2D eigenvalue weighted by Gasteiger charge is -2.40. The van der Waals surface area contributed by atoms with Crippen LogP contribution >= 0.6 is 0 Å². The van der Waals surface area contributed by atoms with Gasteiger partial charge in [-0.25, -0.2) is 0 Å². The Kier molecular flexibility index (Phi) is 5.25. The van der Waals surface area contributed by atoms with Crippen molar-refractivity contribution in [3.05, 3.63) is 0 Å². The van der Waals surface area contributed by atoms with Crippen molar-refractivity contribution in [2.75, 3.05) is 26.2 Å². The fraction of sp³-hybridized carbons (Fsp3) is 0.875. The van der Waals surface area contributed by atoms with Crippen molar-refractivity contribution in [1.82, 2.24) is 15.5 Å². The molecule has 0 atom stereocenters. The molecule has 120 valence electrons. The number of nitrogens with zero attached hydrogens (tertiary/aromatic N) is 1. The van der Waals surface area contributed by atoms with Crippen LogP contribution in [0.15, 0.2) is 0 Å². The van der Waals surface area contributed by atoms with E-state index in [4.69, 9.17) is 0 Å². The van der Waals surface area contributed by atoms with Gasteiger partial charge in [0.1, 0.15) is 0 Å². The van der Waals surface area contributed by atoms with Crippen LogP contribution in [0.3, 0.4) is 0 Å². The van der Waals surface area contributed by atoms with Gasteiger partial charge in [-0.2, -0.15) is 0 Å². The van der Waals surface area contributed by atoms with Crippen LogP contribution in [0.2, 0.25) is 0 Å². The summed E-state index contributed by atoms with van der Waals surface area (Å²) in [5.74, 6) is 0.445. The van der Waals surface area contributed by atoms with Crippen LogP contribution in [0, 0.1) is 11.3 Å². The van der Waals surface area contributed by atoms with Gasteiger partial charge in [0.05, 0.1) is 0 Å². The highest BCUT2D eigenvalue weighted by Gasteiger charge is 2.38. The number of carbonyl (C=O) groups is 2. The minimum absolute atomic E-state index is 0.0262. The van der Waals surface area contributed by atoms with Crippen LogP contribution in [0.25, 0.3) is 0 Å². The number of hydrogen-bond donors (Lipinski definition) is 2. The third kappa shape index (κ3) is 3.96. The van der Waals surface area contributed by atoms with Gasteiger partial charge in [-0.1, -0.05) is 20.8 Å². The van der Waals surface area contributed by atoms with Gasteiger partial charge in [0, 0.05) is 30.5 Å². The SMILES string of the molecule is CC(C)C(=O)NC1CCN(C(=O)C2(C)CCNCC2)CC1. The summed E-state index contributed by atoms with van der Waals surface area (Å²) in [6, 6.07) is 0.227. The predicted octanol–water partition coefficient (Wildman–Crippen LogP) is 1.14. The highest BCUT2D eigenvalue weighted by atomic mass is 16.2. The summed E-state index contributed by atoms with van der Waals surface area (Å²) in [4.78, 5) is 26.5. The fourth-order valence-electron chi connectivity index (χ4n) is 3.17. The number of carbonyl (C=O) groups excluding carboxylic acids is 2. The number of nitrogens with one attached hydrogen (secondary N) is 2. The quantitative estimate of drug-likeness (QED) is 0.821. The molecule has 2 saturated heterocycles. The minimum atomic E-state index is -0.195. The minimum Gasteiger partial charge on any atom is -0.353 e. The van der Waals surface area contributed by atoms with E-state index in [-0.39, 0.29) is 23.3 Å². The molecule has 0 aromatic heterocycles. The van der Waals surface area contributed by atoms with Crippen molar-refractivity contribution in [3.8, 4) is 0 Å².